The molecule has 25 heavy (non-hydrogen) atoms. The van der Waals surface area contributed by atoms with Gasteiger partial charge < -0.3 is 26.6 Å². The molecule has 0 spiro atoms. The van der Waals surface area contributed by atoms with Gasteiger partial charge in [-0.05, 0) is 24.3 Å². The van der Waals surface area contributed by atoms with Crippen molar-refractivity contribution in [1.82, 2.24) is 10.6 Å². The fourth-order valence-electron chi connectivity index (χ4n) is 2.00. The maximum atomic E-state index is 12.4. The van der Waals surface area contributed by atoms with Crippen molar-refractivity contribution < 1.29 is 29.4 Å². The predicted molar refractivity (Wildman–Crippen MR) is 94.2 cm³/mol. The molecule has 0 radical (unpaired) electrons. The zero-order chi connectivity index (χ0) is 19.6. The summed E-state index contributed by atoms with van der Waals surface area (Å²) in [6.45, 7) is 3.52. The van der Waals surface area contributed by atoms with Crippen LogP contribution in [0.25, 0.3) is 0 Å². The van der Waals surface area contributed by atoms with Crippen molar-refractivity contribution in [2.45, 2.75) is 51.2 Å². The summed E-state index contributed by atoms with van der Waals surface area (Å²) in [5.41, 5.74) is 5.49. The molecule has 0 aliphatic carbocycles. The van der Waals surface area contributed by atoms with Crippen molar-refractivity contribution in [2.24, 2.45) is 11.7 Å². The molecule has 0 rings (SSSR count). The van der Waals surface area contributed by atoms with Crippen LogP contribution in [0.3, 0.4) is 0 Å². The van der Waals surface area contributed by atoms with Crippen molar-refractivity contribution in [3.63, 3.8) is 0 Å². The molecule has 9 nitrogen and oxygen atoms in total. The van der Waals surface area contributed by atoms with Crippen molar-refractivity contribution in [3.8, 4) is 0 Å². The van der Waals surface area contributed by atoms with Crippen LogP contribution in [0.2, 0.25) is 0 Å². The van der Waals surface area contributed by atoms with Gasteiger partial charge in [0.25, 0.3) is 0 Å². The smallest absolute Gasteiger partial charge is 0.326 e. The molecule has 4 atom stereocenters. The lowest BCUT2D eigenvalue weighted by molar-refractivity contribution is -0.144. The Morgan fingerprint density at radius 2 is 1.72 bits per heavy atom. The molecule has 0 saturated heterocycles. The summed E-state index contributed by atoms with van der Waals surface area (Å²) >= 11 is 1.46. The van der Waals surface area contributed by atoms with E-state index >= 15 is 0 Å². The van der Waals surface area contributed by atoms with Crippen LogP contribution in [-0.4, -0.2) is 64.1 Å². The lowest BCUT2D eigenvalue weighted by atomic mass is 9.98. The molecule has 4 unspecified atom stereocenters. The molecule has 0 saturated carbocycles. The minimum absolute atomic E-state index is 0.269. The molecular weight excluding hydrogens is 350 g/mol. The van der Waals surface area contributed by atoms with E-state index in [4.69, 9.17) is 10.8 Å². The Kier molecular flexibility index (Phi) is 10.8. The Morgan fingerprint density at radius 1 is 1.12 bits per heavy atom. The normalized spacial score (nSPS) is 15.5. The summed E-state index contributed by atoms with van der Waals surface area (Å²) in [5.74, 6) is -3.51. The number of carbonyl (C=O) groups is 4. The van der Waals surface area contributed by atoms with E-state index in [1.54, 1.807) is 6.92 Å². The number of nitrogens with one attached hydrogen (secondary N) is 2. The second kappa shape index (κ2) is 11.7. The number of nitrogens with two attached hydrogens (primary N) is 1. The second-order valence-electron chi connectivity index (χ2n) is 5.76. The quantitative estimate of drug-likeness (QED) is 0.308. The summed E-state index contributed by atoms with van der Waals surface area (Å²) in [6.07, 6.45) is 2.09. The van der Waals surface area contributed by atoms with E-state index < -0.39 is 48.3 Å². The van der Waals surface area contributed by atoms with Crippen molar-refractivity contribution in [3.05, 3.63) is 0 Å². The summed E-state index contributed by atoms with van der Waals surface area (Å²) < 4.78 is 0. The number of hydrogen-bond acceptors (Lipinski definition) is 6. The predicted octanol–water partition coefficient (Wildman–Crippen LogP) is -0.358. The third kappa shape index (κ3) is 8.73. The first-order valence-corrected chi connectivity index (χ1v) is 9.33. The third-order valence-electron chi connectivity index (χ3n) is 3.75. The largest absolute Gasteiger partial charge is 0.481 e. The summed E-state index contributed by atoms with van der Waals surface area (Å²) in [5, 5.41) is 22.8. The van der Waals surface area contributed by atoms with Crippen LogP contribution in [0.1, 0.15) is 33.1 Å². The van der Waals surface area contributed by atoms with E-state index in [0.717, 1.165) is 0 Å². The van der Waals surface area contributed by atoms with E-state index in [0.29, 0.717) is 12.2 Å². The maximum Gasteiger partial charge on any atom is 0.326 e. The van der Waals surface area contributed by atoms with Gasteiger partial charge in [-0.15, -0.1) is 0 Å². The molecule has 0 aromatic rings. The van der Waals surface area contributed by atoms with Gasteiger partial charge in [0, 0.05) is 0 Å². The molecule has 6 N–H and O–H groups in total. The summed E-state index contributed by atoms with van der Waals surface area (Å²) in [4.78, 5) is 46.3. The van der Waals surface area contributed by atoms with Gasteiger partial charge in [-0.25, -0.2) is 4.79 Å². The van der Waals surface area contributed by atoms with Gasteiger partial charge >= 0.3 is 11.9 Å². The van der Waals surface area contributed by atoms with Gasteiger partial charge in [-0.3, -0.25) is 14.4 Å². The van der Waals surface area contributed by atoms with Crippen LogP contribution < -0.4 is 16.4 Å². The molecule has 10 heteroatoms. The van der Waals surface area contributed by atoms with E-state index in [1.165, 1.54) is 11.8 Å². The highest BCUT2D eigenvalue weighted by Crippen LogP contribution is 2.09. The Labute approximate surface area is 151 Å². The van der Waals surface area contributed by atoms with Gasteiger partial charge in [0.15, 0.2) is 0 Å². The number of carbonyl (C=O) groups excluding carboxylic acids is 2. The number of hydrogen-bond donors (Lipinski definition) is 5. The van der Waals surface area contributed by atoms with Crippen LogP contribution in [0.5, 0.6) is 0 Å². The summed E-state index contributed by atoms with van der Waals surface area (Å²) in [6, 6.07) is -3.34. The molecule has 0 aromatic heterocycles. The Morgan fingerprint density at radius 3 is 2.16 bits per heavy atom. The van der Waals surface area contributed by atoms with Gasteiger partial charge in [-0.1, -0.05) is 20.3 Å². The fourth-order valence-corrected chi connectivity index (χ4v) is 2.47. The molecule has 0 aliphatic heterocycles. The van der Waals surface area contributed by atoms with Crippen LogP contribution in [0, 0.1) is 5.92 Å². The minimum atomic E-state index is -1.29. The molecule has 0 aromatic carbocycles. The Bertz CT molecular complexity index is 488. The zero-order valence-electron chi connectivity index (χ0n) is 14.7. The number of thioether (sulfide) groups is 1. The molecule has 0 aliphatic rings. The maximum absolute atomic E-state index is 12.4. The lowest BCUT2D eigenvalue weighted by Crippen LogP contribution is -2.56. The highest BCUT2D eigenvalue weighted by molar-refractivity contribution is 7.98. The lowest BCUT2D eigenvalue weighted by Gasteiger charge is -2.25. The second-order valence-corrected chi connectivity index (χ2v) is 6.74. The first-order chi connectivity index (χ1) is 11.6. The van der Waals surface area contributed by atoms with Crippen LogP contribution in [0.4, 0.5) is 0 Å². The topological polar surface area (TPSA) is 159 Å². The fraction of sp³-hybridized carbons (Fsp3) is 0.733. The molecule has 0 bridgehead atoms. The van der Waals surface area contributed by atoms with Gasteiger partial charge in [0.2, 0.25) is 11.8 Å². The number of rotatable bonds is 12. The van der Waals surface area contributed by atoms with Crippen LogP contribution >= 0.6 is 11.8 Å². The number of carboxylic acids is 2. The van der Waals surface area contributed by atoms with Crippen molar-refractivity contribution in [1.29, 1.82) is 0 Å². The molecule has 144 valence electrons. The number of carboxylic acid groups (broad SMARTS) is 2. The molecule has 0 heterocycles. The molecular formula is C15H27N3O6S. The first kappa shape index (κ1) is 23.2. The highest BCUT2D eigenvalue weighted by atomic mass is 32.2. The molecule has 2 amide bonds. The average Bonchev–Trinajstić information content (AvgIpc) is 2.54. The summed E-state index contributed by atoms with van der Waals surface area (Å²) in [7, 11) is 0. The Balaban J connectivity index is 5.04. The highest BCUT2D eigenvalue weighted by Gasteiger charge is 2.30. The zero-order valence-corrected chi connectivity index (χ0v) is 15.5. The minimum Gasteiger partial charge on any atom is -0.481 e. The van der Waals surface area contributed by atoms with Gasteiger partial charge in [-0.2, -0.15) is 11.8 Å². The third-order valence-corrected chi connectivity index (χ3v) is 4.40. The van der Waals surface area contributed by atoms with Crippen LogP contribution in [0.15, 0.2) is 0 Å². The van der Waals surface area contributed by atoms with E-state index in [9.17, 15) is 24.3 Å². The van der Waals surface area contributed by atoms with E-state index in [2.05, 4.69) is 10.6 Å². The Hall–Kier alpha value is -1.81. The first-order valence-electron chi connectivity index (χ1n) is 7.93. The van der Waals surface area contributed by atoms with Gasteiger partial charge in [0.05, 0.1) is 12.5 Å². The van der Waals surface area contributed by atoms with Crippen LogP contribution in [-0.2, 0) is 19.2 Å². The van der Waals surface area contributed by atoms with Crippen molar-refractivity contribution in [2.75, 3.05) is 12.0 Å². The standard InChI is InChI=1S/C15H27N3O6S/c1-4-8(2)12(15(23)24)18-14(22)10(5-6-25-3)17-13(21)9(16)7-11(19)20/h8-10,12H,4-7,16H2,1-3H3,(H,17,21)(H,18,22)(H,19,20)(H,23,24). The number of amides is 2. The van der Waals surface area contributed by atoms with E-state index in [1.807, 2.05) is 13.2 Å². The number of aliphatic carboxylic acids is 2. The SMILES string of the molecule is CCC(C)C(NC(=O)C(CCSC)NC(=O)C(N)CC(=O)O)C(=O)O. The average molecular weight is 377 g/mol. The van der Waals surface area contributed by atoms with Crippen molar-refractivity contribution >= 4 is 35.5 Å². The molecule has 0 fully saturated rings. The van der Waals surface area contributed by atoms with E-state index in [-0.39, 0.29) is 12.3 Å². The monoisotopic (exact) mass is 377 g/mol. The van der Waals surface area contributed by atoms with Gasteiger partial charge in [0.1, 0.15) is 12.1 Å².